The fourth-order valence-corrected chi connectivity index (χ4v) is 1.51. The third-order valence-corrected chi connectivity index (χ3v) is 2.76. The predicted molar refractivity (Wildman–Crippen MR) is 64.5 cm³/mol. The number of aryl methyl sites for hydroxylation is 1. The van der Waals surface area contributed by atoms with Crippen LogP contribution >= 0.6 is 0 Å². The number of aliphatic hydroxyl groups is 2. The van der Waals surface area contributed by atoms with Crippen molar-refractivity contribution in [3.63, 3.8) is 0 Å². The standard InChI is InChI=1S/C12H17N3O2/c1-3-12(7-16,8-17)15-11-5-10(6-13)4-9(2)14-11/h4-5,16-17H,3,7-8H2,1-2H3,(H,14,15). The van der Waals surface area contributed by atoms with Crippen LogP contribution in [0.1, 0.15) is 24.6 Å². The molecule has 0 saturated heterocycles. The third-order valence-electron chi connectivity index (χ3n) is 2.76. The number of anilines is 1. The van der Waals surface area contributed by atoms with Gasteiger partial charge in [-0.05, 0) is 25.5 Å². The molecule has 3 N–H and O–H groups in total. The zero-order valence-corrected chi connectivity index (χ0v) is 10.1. The summed E-state index contributed by atoms with van der Waals surface area (Å²) in [4.78, 5) is 4.23. The lowest BCUT2D eigenvalue weighted by molar-refractivity contribution is 0.132. The summed E-state index contributed by atoms with van der Waals surface area (Å²) in [6, 6.07) is 5.32. The molecular weight excluding hydrogens is 218 g/mol. The maximum absolute atomic E-state index is 9.32. The lowest BCUT2D eigenvalue weighted by atomic mass is 9.98. The molecule has 1 aromatic rings. The van der Waals surface area contributed by atoms with Gasteiger partial charge in [-0.1, -0.05) is 6.92 Å². The number of aromatic nitrogens is 1. The van der Waals surface area contributed by atoms with Crippen LogP contribution in [-0.2, 0) is 0 Å². The molecule has 0 fully saturated rings. The number of pyridine rings is 1. The van der Waals surface area contributed by atoms with E-state index in [1.54, 1.807) is 19.1 Å². The molecule has 0 unspecified atom stereocenters. The maximum Gasteiger partial charge on any atom is 0.128 e. The average Bonchev–Trinajstić information content (AvgIpc) is 2.35. The van der Waals surface area contributed by atoms with E-state index in [1.165, 1.54) is 0 Å². The summed E-state index contributed by atoms with van der Waals surface area (Å²) in [5.41, 5.74) is 0.418. The molecule has 1 aromatic heterocycles. The van der Waals surface area contributed by atoms with Gasteiger partial charge in [0.2, 0.25) is 0 Å². The Kier molecular flexibility index (Phi) is 4.44. The molecule has 1 rings (SSSR count). The Balaban J connectivity index is 3.02. The average molecular weight is 235 g/mol. The van der Waals surface area contributed by atoms with E-state index in [2.05, 4.69) is 10.3 Å². The highest BCUT2D eigenvalue weighted by molar-refractivity contribution is 5.46. The van der Waals surface area contributed by atoms with Crippen molar-refractivity contribution in [2.75, 3.05) is 18.5 Å². The smallest absolute Gasteiger partial charge is 0.128 e. The summed E-state index contributed by atoms with van der Waals surface area (Å²) in [6.07, 6.45) is 0.553. The van der Waals surface area contributed by atoms with E-state index in [4.69, 9.17) is 5.26 Å². The van der Waals surface area contributed by atoms with Crippen molar-refractivity contribution in [2.45, 2.75) is 25.8 Å². The van der Waals surface area contributed by atoms with Crippen LogP contribution in [0, 0.1) is 18.3 Å². The summed E-state index contributed by atoms with van der Waals surface area (Å²) in [7, 11) is 0. The Hall–Kier alpha value is -1.64. The quantitative estimate of drug-likeness (QED) is 0.702. The molecule has 0 bridgehead atoms. The number of hydrogen-bond acceptors (Lipinski definition) is 5. The molecule has 5 nitrogen and oxygen atoms in total. The largest absolute Gasteiger partial charge is 0.394 e. The molecule has 0 atom stereocenters. The van der Waals surface area contributed by atoms with Crippen LogP contribution in [0.2, 0.25) is 0 Å². The van der Waals surface area contributed by atoms with Gasteiger partial charge in [-0.3, -0.25) is 0 Å². The van der Waals surface area contributed by atoms with Crippen LogP contribution in [0.25, 0.3) is 0 Å². The Labute approximate surface area is 101 Å². The Morgan fingerprint density at radius 2 is 2.06 bits per heavy atom. The second-order valence-corrected chi connectivity index (χ2v) is 4.07. The molecule has 0 aliphatic rings. The highest BCUT2D eigenvalue weighted by Gasteiger charge is 2.26. The molecule has 0 aliphatic heterocycles. The molecule has 0 aromatic carbocycles. The van der Waals surface area contributed by atoms with Gasteiger partial charge in [0.15, 0.2) is 0 Å². The number of aliphatic hydroxyl groups excluding tert-OH is 2. The van der Waals surface area contributed by atoms with Gasteiger partial charge in [0.1, 0.15) is 5.82 Å². The highest BCUT2D eigenvalue weighted by atomic mass is 16.3. The van der Waals surface area contributed by atoms with Crippen molar-refractivity contribution < 1.29 is 10.2 Å². The molecule has 0 amide bonds. The fraction of sp³-hybridized carbons (Fsp3) is 0.500. The molecule has 92 valence electrons. The van der Waals surface area contributed by atoms with Gasteiger partial charge in [-0.15, -0.1) is 0 Å². The maximum atomic E-state index is 9.32. The van der Waals surface area contributed by atoms with Gasteiger partial charge < -0.3 is 15.5 Å². The van der Waals surface area contributed by atoms with Crippen molar-refractivity contribution in [1.82, 2.24) is 4.98 Å². The van der Waals surface area contributed by atoms with Gasteiger partial charge in [0.05, 0.1) is 30.4 Å². The molecule has 0 aliphatic carbocycles. The molecule has 17 heavy (non-hydrogen) atoms. The van der Waals surface area contributed by atoms with Crippen LogP contribution in [0.3, 0.4) is 0 Å². The van der Waals surface area contributed by atoms with E-state index >= 15 is 0 Å². The predicted octanol–water partition coefficient (Wildman–Crippen LogP) is 0.807. The highest BCUT2D eigenvalue weighted by Crippen LogP contribution is 2.18. The number of hydrogen-bond donors (Lipinski definition) is 3. The summed E-state index contributed by atoms with van der Waals surface area (Å²) in [6.45, 7) is 3.26. The molecule has 5 heteroatoms. The normalized spacial score (nSPS) is 11.0. The van der Waals surface area contributed by atoms with Crippen LogP contribution < -0.4 is 5.32 Å². The first-order chi connectivity index (χ1) is 8.09. The Bertz CT molecular complexity index is 414. The first-order valence-corrected chi connectivity index (χ1v) is 5.48. The molecule has 1 heterocycles. The van der Waals surface area contributed by atoms with Crippen molar-refractivity contribution in [3.8, 4) is 6.07 Å². The van der Waals surface area contributed by atoms with E-state index in [-0.39, 0.29) is 13.2 Å². The van der Waals surface area contributed by atoms with E-state index in [9.17, 15) is 10.2 Å². The summed E-state index contributed by atoms with van der Waals surface area (Å²) >= 11 is 0. The molecule has 0 spiro atoms. The number of nitriles is 1. The van der Waals surface area contributed by atoms with Crippen molar-refractivity contribution >= 4 is 5.82 Å². The van der Waals surface area contributed by atoms with Crippen molar-refractivity contribution in [1.29, 1.82) is 5.26 Å². The van der Waals surface area contributed by atoms with E-state index in [1.807, 2.05) is 13.0 Å². The lowest BCUT2D eigenvalue weighted by Crippen LogP contribution is -2.45. The van der Waals surface area contributed by atoms with Crippen LogP contribution in [-0.4, -0.2) is 33.9 Å². The van der Waals surface area contributed by atoms with E-state index < -0.39 is 5.54 Å². The van der Waals surface area contributed by atoms with Crippen molar-refractivity contribution in [2.24, 2.45) is 0 Å². The van der Waals surface area contributed by atoms with Gasteiger partial charge in [-0.2, -0.15) is 5.26 Å². The summed E-state index contributed by atoms with van der Waals surface area (Å²) in [5.74, 6) is 0.492. The number of nitrogens with zero attached hydrogens (tertiary/aromatic N) is 2. The minimum Gasteiger partial charge on any atom is -0.394 e. The Morgan fingerprint density at radius 1 is 1.41 bits per heavy atom. The zero-order chi connectivity index (χ0) is 12.9. The third kappa shape index (κ3) is 3.16. The lowest BCUT2D eigenvalue weighted by Gasteiger charge is -2.30. The Morgan fingerprint density at radius 3 is 2.53 bits per heavy atom. The monoisotopic (exact) mass is 235 g/mol. The SMILES string of the molecule is CCC(CO)(CO)Nc1cc(C#N)cc(C)n1. The van der Waals surface area contributed by atoms with Gasteiger partial charge >= 0.3 is 0 Å². The minimum atomic E-state index is -0.798. The van der Waals surface area contributed by atoms with Crippen LogP contribution in [0.15, 0.2) is 12.1 Å². The number of rotatable bonds is 5. The van der Waals surface area contributed by atoms with Gasteiger partial charge in [0, 0.05) is 5.69 Å². The molecule has 0 radical (unpaired) electrons. The first kappa shape index (κ1) is 13.4. The van der Waals surface area contributed by atoms with Crippen LogP contribution in [0.4, 0.5) is 5.82 Å². The van der Waals surface area contributed by atoms with Crippen molar-refractivity contribution in [3.05, 3.63) is 23.4 Å². The second-order valence-electron chi connectivity index (χ2n) is 4.07. The zero-order valence-electron chi connectivity index (χ0n) is 10.1. The topological polar surface area (TPSA) is 89.2 Å². The summed E-state index contributed by atoms with van der Waals surface area (Å²) in [5, 5.41) is 30.5. The number of nitrogens with one attached hydrogen (secondary N) is 1. The van der Waals surface area contributed by atoms with E-state index in [0.29, 0.717) is 23.5 Å². The van der Waals surface area contributed by atoms with Gasteiger partial charge in [0.25, 0.3) is 0 Å². The molecular formula is C12H17N3O2. The first-order valence-electron chi connectivity index (χ1n) is 5.48. The van der Waals surface area contributed by atoms with Gasteiger partial charge in [-0.25, -0.2) is 4.98 Å². The minimum absolute atomic E-state index is 0.197. The van der Waals surface area contributed by atoms with Crippen LogP contribution in [0.5, 0.6) is 0 Å². The second kappa shape index (κ2) is 5.62. The fourth-order valence-electron chi connectivity index (χ4n) is 1.51. The molecule has 0 saturated carbocycles. The summed E-state index contributed by atoms with van der Waals surface area (Å²) < 4.78 is 0. The van der Waals surface area contributed by atoms with E-state index in [0.717, 1.165) is 0 Å².